The molecule has 2 fully saturated rings. The van der Waals surface area contributed by atoms with Gasteiger partial charge in [0.25, 0.3) is 0 Å². The number of carbonyl (C=O) groups is 5. The van der Waals surface area contributed by atoms with Crippen LogP contribution in [-0.4, -0.2) is 77.6 Å². The molecule has 0 bridgehead atoms. The minimum absolute atomic E-state index is 0.0492. The lowest BCUT2D eigenvalue weighted by Crippen LogP contribution is -2.53. The van der Waals surface area contributed by atoms with Crippen molar-refractivity contribution in [1.29, 1.82) is 0 Å². The van der Waals surface area contributed by atoms with E-state index < -0.39 is 11.8 Å². The van der Waals surface area contributed by atoms with E-state index in [1.807, 2.05) is 0 Å². The van der Waals surface area contributed by atoms with Crippen LogP contribution >= 0.6 is 0 Å². The van der Waals surface area contributed by atoms with Crippen molar-refractivity contribution in [3.05, 3.63) is 0 Å². The Morgan fingerprint density at radius 2 is 1.71 bits per heavy atom. The van der Waals surface area contributed by atoms with Crippen LogP contribution in [0.25, 0.3) is 0 Å². The summed E-state index contributed by atoms with van der Waals surface area (Å²) in [7, 11) is 1.53. The summed E-state index contributed by atoms with van der Waals surface area (Å²) < 4.78 is 0. The number of nitrogens with one attached hydrogen (secondary N) is 1. The Bertz CT molecular complexity index is 502. The average molecular weight is 296 g/mol. The number of rotatable bonds is 4. The van der Waals surface area contributed by atoms with Crippen molar-refractivity contribution < 1.29 is 24.0 Å². The SMILES string of the molecule is CN1CC(=O)N(CCCC(=O)N2CC(=O)NC(=O)C2)C1=O. The van der Waals surface area contributed by atoms with E-state index in [4.69, 9.17) is 0 Å². The summed E-state index contributed by atoms with van der Waals surface area (Å²) in [5.41, 5.74) is 0. The van der Waals surface area contributed by atoms with Gasteiger partial charge in [0.1, 0.15) is 19.6 Å². The number of carbonyl (C=O) groups excluding carboxylic acids is 5. The molecule has 0 aromatic carbocycles. The summed E-state index contributed by atoms with van der Waals surface area (Å²) in [6.45, 7) is -0.0842. The van der Waals surface area contributed by atoms with Crippen LogP contribution in [0.1, 0.15) is 12.8 Å². The number of nitrogens with zero attached hydrogens (tertiary/aromatic N) is 3. The molecule has 0 atom stereocenters. The van der Waals surface area contributed by atoms with Gasteiger partial charge in [-0.1, -0.05) is 0 Å². The van der Waals surface area contributed by atoms with E-state index in [1.54, 1.807) is 0 Å². The van der Waals surface area contributed by atoms with E-state index in [-0.39, 0.29) is 50.4 Å². The first kappa shape index (κ1) is 14.9. The van der Waals surface area contributed by atoms with Crippen molar-refractivity contribution in [2.24, 2.45) is 0 Å². The topological polar surface area (TPSA) is 107 Å². The molecule has 9 heteroatoms. The molecule has 0 aromatic heterocycles. The minimum Gasteiger partial charge on any atom is -0.324 e. The molecule has 0 radical (unpaired) electrons. The molecule has 6 amide bonds. The van der Waals surface area contributed by atoms with Crippen LogP contribution in [0, 0.1) is 0 Å². The summed E-state index contributed by atoms with van der Waals surface area (Å²) in [6, 6.07) is -0.375. The number of piperazine rings is 1. The minimum atomic E-state index is -0.508. The fourth-order valence-corrected chi connectivity index (χ4v) is 2.25. The second-order valence-corrected chi connectivity index (χ2v) is 5.01. The van der Waals surface area contributed by atoms with Crippen LogP contribution in [-0.2, 0) is 19.2 Å². The molecule has 1 N–H and O–H groups in total. The summed E-state index contributed by atoms with van der Waals surface area (Å²) in [6.07, 6.45) is 0.373. The van der Waals surface area contributed by atoms with Crippen molar-refractivity contribution in [2.75, 3.05) is 33.2 Å². The number of hydrogen-bond acceptors (Lipinski definition) is 5. The predicted molar refractivity (Wildman–Crippen MR) is 68.7 cm³/mol. The molecule has 114 valence electrons. The van der Waals surface area contributed by atoms with Gasteiger partial charge >= 0.3 is 6.03 Å². The highest BCUT2D eigenvalue weighted by molar-refractivity contribution is 6.03. The van der Waals surface area contributed by atoms with Gasteiger partial charge in [0.15, 0.2) is 0 Å². The lowest BCUT2D eigenvalue weighted by atomic mass is 10.2. The zero-order valence-corrected chi connectivity index (χ0v) is 11.6. The maximum absolute atomic E-state index is 11.9. The highest BCUT2D eigenvalue weighted by Crippen LogP contribution is 2.10. The summed E-state index contributed by atoms with van der Waals surface area (Å²) in [5.74, 6) is -1.65. The average Bonchev–Trinajstić information content (AvgIpc) is 2.63. The molecule has 2 rings (SSSR count). The monoisotopic (exact) mass is 296 g/mol. The van der Waals surface area contributed by atoms with E-state index in [1.165, 1.54) is 16.8 Å². The Hall–Kier alpha value is -2.45. The number of likely N-dealkylation sites (N-methyl/N-ethyl adjacent to an activating group) is 1. The fourth-order valence-electron chi connectivity index (χ4n) is 2.25. The third kappa shape index (κ3) is 3.36. The molecule has 0 aliphatic carbocycles. The van der Waals surface area contributed by atoms with Gasteiger partial charge in [-0.3, -0.25) is 29.4 Å². The standard InChI is InChI=1S/C12H16N4O5/c1-14-7-11(20)16(12(14)21)4-2-3-10(19)15-5-8(17)13-9(18)6-15/h2-7H2,1H3,(H,13,17,18). The molecule has 0 spiro atoms. The smallest absolute Gasteiger partial charge is 0.324 e. The van der Waals surface area contributed by atoms with Crippen LogP contribution in [0.2, 0.25) is 0 Å². The second-order valence-electron chi connectivity index (χ2n) is 5.01. The molecular formula is C12H16N4O5. The Balaban J connectivity index is 1.79. The number of imide groups is 2. The van der Waals surface area contributed by atoms with E-state index in [9.17, 15) is 24.0 Å². The van der Waals surface area contributed by atoms with Crippen molar-refractivity contribution in [1.82, 2.24) is 20.0 Å². The normalized spacial score (nSPS) is 19.4. The molecule has 9 nitrogen and oxygen atoms in total. The molecule has 0 aromatic rings. The third-order valence-electron chi connectivity index (χ3n) is 3.30. The van der Waals surface area contributed by atoms with Gasteiger partial charge < -0.3 is 9.80 Å². The van der Waals surface area contributed by atoms with Crippen LogP contribution in [0.15, 0.2) is 0 Å². The number of hydrogen-bond donors (Lipinski definition) is 1. The molecule has 21 heavy (non-hydrogen) atoms. The summed E-state index contributed by atoms with van der Waals surface area (Å²) >= 11 is 0. The zero-order valence-electron chi connectivity index (χ0n) is 11.6. The first-order valence-electron chi connectivity index (χ1n) is 6.54. The highest BCUT2D eigenvalue weighted by atomic mass is 16.2. The number of amides is 6. The molecule has 2 aliphatic heterocycles. The Morgan fingerprint density at radius 1 is 1.10 bits per heavy atom. The first-order valence-corrected chi connectivity index (χ1v) is 6.54. The lowest BCUT2D eigenvalue weighted by molar-refractivity contribution is -0.145. The molecule has 2 heterocycles. The maximum atomic E-state index is 11.9. The van der Waals surface area contributed by atoms with Crippen LogP contribution < -0.4 is 5.32 Å². The van der Waals surface area contributed by atoms with Gasteiger partial charge in [-0.2, -0.15) is 0 Å². The first-order chi connectivity index (χ1) is 9.88. The number of urea groups is 1. The zero-order chi connectivity index (χ0) is 15.6. The van der Waals surface area contributed by atoms with Gasteiger partial charge in [0, 0.05) is 20.0 Å². The van der Waals surface area contributed by atoms with Crippen LogP contribution in [0.5, 0.6) is 0 Å². The predicted octanol–water partition coefficient (Wildman–Crippen LogP) is -1.85. The molecule has 0 saturated carbocycles. The highest BCUT2D eigenvalue weighted by Gasteiger charge is 2.33. The maximum Gasteiger partial charge on any atom is 0.326 e. The largest absolute Gasteiger partial charge is 0.326 e. The van der Waals surface area contributed by atoms with Gasteiger partial charge in [-0.15, -0.1) is 0 Å². The van der Waals surface area contributed by atoms with E-state index in [2.05, 4.69) is 5.32 Å². The molecule has 0 unspecified atom stereocenters. The van der Waals surface area contributed by atoms with Gasteiger partial charge in [0.2, 0.25) is 23.6 Å². The Labute approximate surface area is 120 Å². The van der Waals surface area contributed by atoms with Crippen molar-refractivity contribution >= 4 is 29.7 Å². The van der Waals surface area contributed by atoms with Gasteiger partial charge in [-0.05, 0) is 6.42 Å². The molecule has 2 saturated heterocycles. The van der Waals surface area contributed by atoms with Crippen molar-refractivity contribution in [3.8, 4) is 0 Å². The lowest BCUT2D eigenvalue weighted by Gasteiger charge is -2.25. The van der Waals surface area contributed by atoms with Gasteiger partial charge in [0.05, 0.1) is 0 Å². The van der Waals surface area contributed by atoms with Crippen molar-refractivity contribution in [3.63, 3.8) is 0 Å². The molecule has 2 aliphatic rings. The van der Waals surface area contributed by atoms with E-state index in [0.717, 1.165) is 4.90 Å². The quantitative estimate of drug-likeness (QED) is 0.484. The fraction of sp³-hybridized carbons (Fsp3) is 0.583. The Kier molecular flexibility index (Phi) is 4.20. The summed E-state index contributed by atoms with van der Waals surface area (Å²) in [4.78, 5) is 60.9. The third-order valence-corrected chi connectivity index (χ3v) is 3.30. The van der Waals surface area contributed by atoms with E-state index in [0.29, 0.717) is 6.42 Å². The van der Waals surface area contributed by atoms with E-state index >= 15 is 0 Å². The van der Waals surface area contributed by atoms with Crippen molar-refractivity contribution in [2.45, 2.75) is 12.8 Å². The summed E-state index contributed by atoms with van der Waals surface area (Å²) in [5, 5.41) is 2.11. The molecular weight excluding hydrogens is 280 g/mol. The van der Waals surface area contributed by atoms with Crippen LogP contribution in [0.4, 0.5) is 4.79 Å². The van der Waals surface area contributed by atoms with Crippen LogP contribution in [0.3, 0.4) is 0 Å². The Morgan fingerprint density at radius 3 is 2.24 bits per heavy atom. The van der Waals surface area contributed by atoms with Gasteiger partial charge in [-0.25, -0.2) is 4.79 Å². The second kappa shape index (κ2) is 5.90.